The SMILES string of the molecule is NC(=O)Nc1cccc(Oc2ccc(C(=O)O)cn2)c1. The van der Waals surface area contributed by atoms with E-state index in [0.29, 0.717) is 11.4 Å². The van der Waals surface area contributed by atoms with E-state index in [1.54, 1.807) is 24.3 Å². The Morgan fingerprint density at radius 3 is 2.65 bits per heavy atom. The number of hydrogen-bond donors (Lipinski definition) is 3. The van der Waals surface area contributed by atoms with Crippen LogP contribution in [0.2, 0.25) is 0 Å². The van der Waals surface area contributed by atoms with Crippen molar-refractivity contribution in [3.05, 3.63) is 48.2 Å². The summed E-state index contributed by atoms with van der Waals surface area (Å²) in [4.78, 5) is 25.3. The topological polar surface area (TPSA) is 115 Å². The molecule has 20 heavy (non-hydrogen) atoms. The van der Waals surface area contributed by atoms with Crippen LogP contribution in [0.4, 0.5) is 10.5 Å². The second kappa shape index (κ2) is 5.70. The van der Waals surface area contributed by atoms with Crippen LogP contribution in [0, 0.1) is 0 Å². The smallest absolute Gasteiger partial charge is 0.337 e. The molecule has 0 atom stereocenters. The molecule has 0 saturated heterocycles. The molecule has 1 aromatic heterocycles. The molecule has 0 fully saturated rings. The zero-order chi connectivity index (χ0) is 14.5. The second-order valence-corrected chi connectivity index (χ2v) is 3.81. The number of urea groups is 1. The monoisotopic (exact) mass is 273 g/mol. The minimum absolute atomic E-state index is 0.0708. The number of amides is 2. The van der Waals surface area contributed by atoms with Gasteiger partial charge >= 0.3 is 12.0 Å². The highest BCUT2D eigenvalue weighted by molar-refractivity contribution is 5.88. The maximum atomic E-state index is 10.7. The maximum Gasteiger partial charge on any atom is 0.337 e. The molecule has 1 aromatic carbocycles. The normalized spacial score (nSPS) is 9.80. The van der Waals surface area contributed by atoms with Crippen LogP contribution >= 0.6 is 0 Å². The first-order valence-corrected chi connectivity index (χ1v) is 5.58. The highest BCUT2D eigenvalue weighted by Gasteiger charge is 2.05. The number of carboxylic acid groups (broad SMARTS) is 1. The Labute approximate surface area is 114 Å². The number of aromatic carboxylic acids is 1. The Hall–Kier alpha value is -3.09. The fourth-order valence-electron chi connectivity index (χ4n) is 1.47. The summed E-state index contributed by atoms with van der Waals surface area (Å²) in [5.74, 6) is -0.380. The molecular weight excluding hydrogens is 262 g/mol. The van der Waals surface area contributed by atoms with Crippen LogP contribution in [0.1, 0.15) is 10.4 Å². The highest BCUT2D eigenvalue weighted by Crippen LogP contribution is 2.22. The predicted molar refractivity (Wildman–Crippen MR) is 70.9 cm³/mol. The number of pyridine rings is 1. The number of carboxylic acids is 1. The lowest BCUT2D eigenvalue weighted by Crippen LogP contribution is -2.19. The number of nitrogens with one attached hydrogen (secondary N) is 1. The molecule has 2 amide bonds. The van der Waals surface area contributed by atoms with Crippen LogP contribution < -0.4 is 15.8 Å². The third-order valence-corrected chi connectivity index (χ3v) is 2.31. The number of carbonyl (C=O) groups excluding carboxylic acids is 1. The zero-order valence-electron chi connectivity index (χ0n) is 10.2. The molecule has 0 spiro atoms. The van der Waals surface area contributed by atoms with Crippen molar-refractivity contribution in [2.75, 3.05) is 5.32 Å². The number of hydrogen-bond acceptors (Lipinski definition) is 4. The minimum atomic E-state index is -1.06. The summed E-state index contributed by atoms with van der Waals surface area (Å²) in [7, 11) is 0. The van der Waals surface area contributed by atoms with E-state index in [1.807, 2.05) is 0 Å². The molecule has 102 valence electrons. The molecule has 1 heterocycles. The zero-order valence-corrected chi connectivity index (χ0v) is 10.2. The van der Waals surface area contributed by atoms with Gasteiger partial charge in [-0.2, -0.15) is 0 Å². The molecule has 2 rings (SSSR count). The largest absolute Gasteiger partial charge is 0.478 e. The number of ether oxygens (including phenoxy) is 1. The van der Waals surface area contributed by atoms with Gasteiger partial charge in [0.2, 0.25) is 5.88 Å². The molecule has 7 nitrogen and oxygen atoms in total. The summed E-state index contributed by atoms with van der Waals surface area (Å²) in [6, 6.07) is 8.71. The molecule has 0 bridgehead atoms. The van der Waals surface area contributed by atoms with Crippen LogP contribution in [0.3, 0.4) is 0 Å². The lowest BCUT2D eigenvalue weighted by Gasteiger charge is -2.07. The lowest BCUT2D eigenvalue weighted by molar-refractivity contribution is 0.0696. The first-order chi connectivity index (χ1) is 9.54. The van der Waals surface area contributed by atoms with Crippen molar-refractivity contribution in [3.63, 3.8) is 0 Å². The molecule has 7 heteroatoms. The van der Waals surface area contributed by atoms with E-state index in [-0.39, 0.29) is 11.4 Å². The number of primary amides is 1. The molecule has 2 aromatic rings. The standard InChI is InChI=1S/C13H11N3O4/c14-13(19)16-9-2-1-3-10(6-9)20-11-5-4-8(7-15-11)12(17)18/h1-7H,(H,17,18)(H3,14,16,19). The first-order valence-electron chi connectivity index (χ1n) is 5.58. The van der Waals surface area contributed by atoms with E-state index >= 15 is 0 Å². The third kappa shape index (κ3) is 3.45. The van der Waals surface area contributed by atoms with Crippen molar-refractivity contribution in [1.29, 1.82) is 0 Å². The van der Waals surface area contributed by atoms with Crippen LogP contribution in [0.5, 0.6) is 11.6 Å². The van der Waals surface area contributed by atoms with Gasteiger partial charge in [0, 0.05) is 24.0 Å². The number of carbonyl (C=O) groups is 2. The molecular formula is C13H11N3O4. The summed E-state index contributed by atoms with van der Waals surface area (Å²) in [6.07, 6.45) is 1.20. The molecule has 0 radical (unpaired) electrons. The van der Waals surface area contributed by atoms with Crippen LogP contribution in [-0.2, 0) is 0 Å². The van der Waals surface area contributed by atoms with Crippen molar-refractivity contribution < 1.29 is 19.4 Å². The van der Waals surface area contributed by atoms with Gasteiger partial charge in [-0.1, -0.05) is 6.07 Å². The van der Waals surface area contributed by atoms with Gasteiger partial charge in [0.05, 0.1) is 5.56 Å². The average molecular weight is 273 g/mol. The molecule has 0 aliphatic carbocycles. The van der Waals surface area contributed by atoms with E-state index in [9.17, 15) is 9.59 Å². The van der Waals surface area contributed by atoms with Crippen LogP contribution in [0.25, 0.3) is 0 Å². The number of aromatic nitrogens is 1. The molecule has 0 aliphatic heterocycles. The van der Waals surface area contributed by atoms with Crippen LogP contribution in [-0.4, -0.2) is 22.1 Å². The summed E-state index contributed by atoms with van der Waals surface area (Å²) < 4.78 is 5.44. The Morgan fingerprint density at radius 1 is 1.25 bits per heavy atom. The van der Waals surface area contributed by atoms with Gasteiger partial charge in [0.15, 0.2) is 0 Å². The fraction of sp³-hybridized carbons (Fsp3) is 0. The van der Waals surface area contributed by atoms with Crippen molar-refractivity contribution >= 4 is 17.7 Å². The van der Waals surface area contributed by atoms with E-state index in [0.717, 1.165) is 0 Å². The molecule has 0 aliphatic rings. The Balaban J connectivity index is 2.13. The van der Waals surface area contributed by atoms with E-state index in [4.69, 9.17) is 15.6 Å². The number of anilines is 1. The predicted octanol–water partition coefficient (Wildman–Crippen LogP) is 2.06. The summed E-state index contributed by atoms with van der Waals surface area (Å²) in [5.41, 5.74) is 5.57. The van der Waals surface area contributed by atoms with E-state index in [2.05, 4.69) is 10.3 Å². The van der Waals surface area contributed by atoms with Crippen molar-refractivity contribution in [2.24, 2.45) is 5.73 Å². The first kappa shape index (κ1) is 13.3. The van der Waals surface area contributed by atoms with Crippen molar-refractivity contribution in [1.82, 2.24) is 4.98 Å². The second-order valence-electron chi connectivity index (χ2n) is 3.81. The highest BCUT2D eigenvalue weighted by atomic mass is 16.5. The van der Waals surface area contributed by atoms with Gasteiger partial charge < -0.3 is 20.9 Å². The minimum Gasteiger partial charge on any atom is -0.478 e. The summed E-state index contributed by atoms with van der Waals surface area (Å²) in [5, 5.41) is 11.2. The molecule has 0 unspecified atom stereocenters. The Morgan fingerprint density at radius 2 is 2.05 bits per heavy atom. The van der Waals surface area contributed by atoms with Gasteiger partial charge in [-0.3, -0.25) is 0 Å². The number of nitrogens with zero attached hydrogens (tertiary/aromatic N) is 1. The number of rotatable bonds is 4. The Kier molecular flexibility index (Phi) is 3.80. The van der Waals surface area contributed by atoms with E-state index in [1.165, 1.54) is 18.3 Å². The van der Waals surface area contributed by atoms with Gasteiger partial charge in [-0.15, -0.1) is 0 Å². The van der Waals surface area contributed by atoms with Crippen molar-refractivity contribution in [2.45, 2.75) is 0 Å². The Bertz CT molecular complexity index is 640. The van der Waals surface area contributed by atoms with Gasteiger partial charge in [0.1, 0.15) is 5.75 Å². The lowest BCUT2D eigenvalue weighted by atomic mass is 10.3. The average Bonchev–Trinajstić information content (AvgIpc) is 2.39. The van der Waals surface area contributed by atoms with Gasteiger partial charge in [0.25, 0.3) is 0 Å². The van der Waals surface area contributed by atoms with Gasteiger partial charge in [-0.05, 0) is 18.2 Å². The van der Waals surface area contributed by atoms with Crippen LogP contribution in [0.15, 0.2) is 42.6 Å². The molecule has 4 N–H and O–H groups in total. The quantitative estimate of drug-likeness (QED) is 0.788. The summed E-state index contributed by atoms with van der Waals surface area (Å²) in [6.45, 7) is 0. The molecule has 0 saturated carbocycles. The number of benzene rings is 1. The summed E-state index contributed by atoms with van der Waals surface area (Å²) >= 11 is 0. The number of nitrogens with two attached hydrogens (primary N) is 1. The van der Waals surface area contributed by atoms with E-state index < -0.39 is 12.0 Å². The van der Waals surface area contributed by atoms with Gasteiger partial charge in [-0.25, -0.2) is 14.6 Å². The fourth-order valence-corrected chi connectivity index (χ4v) is 1.47. The van der Waals surface area contributed by atoms with Crippen molar-refractivity contribution in [3.8, 4) is 11.6 Å². The third-order valence-electron chi connectivity index (χ3n) is 2.31. The maximum absolute atomic E-state index is 10.7.